The van der Waals surface area contributed by atoms with Gasteiger partial charge in [-0.25, -0.2) is 4.39 Å². The molecule has 1 N–H and O–H groups in total. The summed E-state index contributed by atoms with van der Waals surface area (Å²) in [7, 11) is 0. The van der Waals surface area contributed by atoms with E-state index in [4.69, 9.17) is 4.74 Å². The number of hydrogen-bond donors (Lipinski definition) is 1. The second kappa shape index (κ2) is 9.20. The summed E-state index contributed by atoms with van der Waals surface area (Å²) in [5, 5.41) is 2.85. The van der Waals surface area contributed by atoms with Crippen LogP contribution in [0.15, 0.2) is 59.5 Å². The highest BCUT2D eigenvalue weighted by Crippen LogP contribution is 2.17. The Morgan fingerprint density at radius 1 is 1.17 bits per heavy atom. The van der Waals surface area contributed by atoms with Gasteiger partial charge >= 0.3 is 0 Å². The summed E-state index contributed by atoms with van der Waals surface area (Å²) in [6, 6.07) is 15.8. The lowest BCUT2D eigenvalue weighted by Crippen LogP contribution is -2.36. The van der Waals surface area contributed by atoms with Crippen molar-refractivity contribution in [3.8, 4) is 5.75 Å². The van der Waals surface area contributed by atoms with Crippen LogP contribution in [-0.4, -0.2) is 24.3 Å². The van der Waals surface area contributed by atoms with Crippen LogP contribution in [0, 0.1) is 5.82 Å². The number of halogens is 1. The average Bonchev–Trinajstić information content (AvgIpc) is 2.57. The lowest BCUT2D eigenvalue weighted by molar-refractivity contribution is -0.127. The van der Waals surface area contributed by atoms with Gasteiger partial charge in [-0.1, -0.05) is 18.2 Å². The minimum absolute atomic E-state index is 0.168. The van der Waals surface area contributed by atoms with Gasteiger partial charge in [-0.15, -0.1) is 11.8 Å². The van der Waals surface area contributed by atoms with Crippen LogP contribution in [0.3, 0.4) is 0 Å². The van der Waals surface area contributed by atoms with E-state index in [1.54, 1.807) is 18.7 Å². The first-order valence-corrected chi connectivity index (χ1v) is 8.51. The molecule has 0 aliphatic rings. The second-order valence-corrected chi connectivity index (χ2v) is 6.19. The zero-order valence-corrected chi connectivity index (χ0v) is 13.8. The molecule has 2 rings (SSSR count). The summed E-state index contributed by atoms with van der Waals surface area (Å²) in [4.78, 5) is 13.2. The Kier molecular flexibility index (Phi) is 6.94. The van der Waals surface area contributed by atoms with Gasteiger partial charge in [-0.05, 0) is 55.5 Å². The van der Waals surface area contributed by atoms with Crippen molar-refractivity contribution in [1.82, 2.24) is 5.32 Å². The number of rotatable bonds is 8. The fourth-order valence-corrected chi connectivity index (χ4v) is 2.78. The first-order chi connectivity index (χ1) is 11.1. The Bertz CT molecular complexity index is 604. The molecular weight excluding hydrogens is 313 g/mol. The number of thioether (sulfide) groups is 1. The smallest absolute Gasteiger partial charge is 0.260 e. The summed E-state index contributed by atoms with van der Waals surface area (Å²) >= 11 is 1.77. The molecule has 5 heteroatoms. The van der Waals surface area contributed by atoms with Crippen LogP contribution in [0.5, 0.6) is 5.75 Å². The molecule has 0 saturated heterocycles. The maximum atomic E-state index is 12.8. The third-order valence-corrected chi connectivity index (χ3v) is 4.23. The maximum Gasteiger partial charge on any atom is 0.260 e. The average molecular weight is 333 g/mol. The highest BCUT2D eigenvalue weighted by molar-refractivity contribution is 7.99. The maximum absolute atomic E-state index is 12.8. The van der Waals surface area contributed by atoms with Crippen molar-refractivity contribution in [3.63, 3.8) is 0 Å². The van der Waals surface area contributed by atoms with Crippen LogP contribution in [0.4, 0.5) is 4.39 Å². The molecule has 2 aromatic rings. The van der Waals surface area contributed by atoms with Crippen molar-refractivity contribution in [1.29, 1.82) is 0 Å². The Labute approximate surface area is 140 Å². The second-order valence-electron chi connectivity index (χ2n) is 5.02. The standard InChI is InChI=1S/C18H20FNO2S/c1-14(22-16-10-8-15(19)9-11-16)18(21)20-12-5-13-23-17-6-3-2-4-7-17/h2-4,6-11,14H,5,12-13H2,1H3,(H,20,21). The van der Waals surface area contributed by atoms with Crippen LogP contribution in [0.1, 0.15) is 13.3 Å². The molecule has 1 atom stereocenters. The molecule has 0 aliphatic carbocycles. The minimum atomic E-state index is -0.609. The van der Waals surface area contributed by atoms with Crippen LogP contribution in [0.2, 0.25) is 0 Å². The van der Waals surface area contributed by atoms with E-state index < -0.39 is 6.10 Å². The first-order valence-electron chi connectivity index (χ1n) is 7.53. The lowest BCUT2D eigenvalue weighted by Gasteiger charge is -2.14. The quantitative estimate of drug-likeness (QED) is 0.588. The molecule has 0 aromatic heterocycles. The SMILES string of the molecule is CC(Oc1ccc(F)cc1)C(=O)NCCCSc1ccccc1. The topological polar surface area (TPSA) is 38.3 Å². The van der Waals surface area contributed by atoms with Gasteiger partial charge in [0.25, 0.3) is 5.91 Å². The van der Waals surface area contributed by atoms with E-state index in [2.05, 4.69) is 17.4 Å². The van der Waals surface area contributed by atoms with E-state index in [-0.39, 0.29) is 11.7 Å². The summed E-state index contributed by atoms with van der Waals surface area (Å²) in [6.07, 6.45) is 0.274. The van der Waals surface area contributed by atoms with E-state index in [9.17, 15) is 9.18 Å². The van der Waals surface area contributed by atoms with Crippen molar-refractivity contribution in [3.05, 3.63) is 60.4 Å². The molecule has 1 amide bonds. The summed E-state index contributed by atoms with van der Waals surface area (Å²) < 4.78 is 18.3. The zero-order chi connectivity index (χ0) is 16.5. The molecule has 1 unspecified atom stereocenters. The number of hydrogen-bond acceptors (Lipinski definition) is 3. The normalized spacial score (nSPS) is 11.7. The van der Waals surface area contributed by atoms with Gasteiger partial charge < -0.3 is 10.1 Å². The number of carbonyl (C=O) groups is 1. The number of benzene rings is 2. The van der Waals surface area contributed by atoms with Crippen LogP contribution < -0.4 is 10.1 Å². The molecule has 0 heterocycles. The van der Waals surface area contributed by atoms with Gasteiger partial charge in [0.05, 0.1) is 0 Å². The Morgan fingerprint density at radius 2 is 1.87 bits per heavy atom. The highest BCUT2D eigenvalue weighted by atomic mass is 32.2. The molecule has 3 nitrogen and oxygen atoms in total. The monoisotopic (exact) mass is 333 g/mol. The van der Waals surface area contributed by atoms with Crippen molar-refractivity contribution in [2.75, 3.05) is 12.3 Å². The number of ether oxygens (including phenoxy) is 1. The van der Waals surface area contributed by atoms with E-state index in [1.807, 2.05) is 18.2 Å². The van der Waals surface area contributed by atoms with Crippen LogP contribution in [0.25, 0.3) is 0 Å². The Hall–Kier alpha value is -2.01. The van der Waals surface area contributed by atoms with Gasteiger partial charge in [-0.3, -0.25) is 4.79 Å². The van der Waals surface area contributed by atoms with Gasteiger partial charge in [0.2, 0.25) is 0 Å². The third-order valence-electron chi connectivity index (χ3n) is 3.13. The van der Waals surface area contributed by atoms with Crippen LogP contribution >= 0.6 is 11.8 Å². The summed E-state index contributed by atoms with van der Waals surface area (Å²) in [5.41, 5.74) is 0. The van der Waals surface area contributed by atoms with E-state index in [1.165, 1.54) is 29.2 Å². The fourth-order valence-electron chi connectivity index (χ4n) is 1.91. The largest absolute Gasteiger partial charge is 0.481 e. The number of nitrogens with one attached hydrogen (secondary N) is 1. The van der Waals surface area contributed by atoms with E-state index in [0.717, 1.165) is 12.2 Å². The lowest BCUT2D eigenvalue weighted by atomic mass is 10.3. The predicted octanol–water partition coefficient (Wildman–Crippen LogP) is 3.89. The number of amides is 1. The molecular formula is C18H20FNO2S. The Balaban J connectivity index is 1.63. The first kappa shape index (κ1) is 17.3. The van der Waals surface area contributed by atoms with Crippen molar-refractivity contribution in [2.45, 2.75) is 24.3 Å². The summed E-state index contributed by atoms with van der Waals surface area (Å²) in [6.45, 7) is 2.28. The van der Waals surface area contributed by atoms with E-state index in [0.29, 0.717) is 12.3 Å². The van der Waals surface area contributed by atoms with E-state index >= 15 is 0 Å². The molecule has 23 heavy (non-hydrogen) atoms. The molecule has 2 aromatic carbocycles. The molecule has 0 saturated carbocycles. The van der Waals surface area contributed by atoms with Gasteiger partial charge in [0.15, 0.2) is 6.10 Å². The van der Waals surface area contributed by atoms with Gasteiger partial charge in [0.1, 0.15) is 11.6 Å². The third kappa shape index (κ3) is 6.32. The van der Waals surface area contributed by atoms with Crippen molar-refractivity contribution >= 4 is 17.7 Å². The van der Waals surface area contributed by atoms with Crippen molar-refractivity contribution in [2.24, 2.45) is 0 Å². The Morgan fingerprint density at radius 3 is 2.57 bits per heavy atom. The molecule has 0 aliphatic heterocycles. The highest BCUT2D eigenvalue weighted by Gasteiger charge is 2.13. The van der Waals surface area contributed by atoms with Crippen LogP contribution in [-0.2, 0) is 4.79 Å². The van der Waals surface area contributed by atoms with Crippen molar-refractivity contribution < 1.29 is 13.9 Å². The molecule has 0 fully saturated rings. The molecule has 122 valence electrons. The fraction of sp³-hybridized carbons (Fsp3) is 0.278. The minimum Gasteiger partial charge on any atom is -0.481 e. The molecule has 0 radical (unpaired) electrons. The molecule has 0 bridgehead atoms. The van der Waals surface area contributed by atoms with Gasteiger partial charge in [-0.2, -0.15) is 0 Å². The summed E-state index contributed by atoms with van der Waals surface area (Å²) in [5.74, 6) is 0.926. The predicted molar refractivity (Wildman–Crippen MR) is 91.3 cm³/mol. The van der Waals surface area contributed by atoms with Gasteiger partial charge in [0, 0.05) is 11.4 Å². The molecule has 0 spiro atoms. The number of carbonyl (C=O) groups excluding carboxylic acids is 1. The zero-order valence-electron chi connectivity index (χ0n) is 13.0.